The minimum Gasteiger partial charge on any atom is -0.478 e. The molecule has 0 atom stereocenters. The average Bonchev–Trinajstić information content (AvgIpc) is 2.85. The minimum atomic E-state index is -0.936. The number of benzene rings is 1. The number of aryl methyl sites for hydroxylation is 1. The first-order valence-electron chi connectivity index (χ1n) is 6.81. The maximum atomic E-state index is 11.1. The average molecular weight is 281 g/mol. The fraction of sp³-hybridized carbons (Fsp3) is 0.188. The van der Waals surface area contributed by atoms with Crippen LogP contribution in [0.25, 0.3) is 11.0 Å². The van der Waals surface area contributed by atoms with Gasteiger partial charge in [0.15, 0.2) is 0 Å². The summed E-state index contributed by atoms with van der Waals surface area (Å²) in [5, 5.41) is 9.07. The van der Waals surface area contributed by atoms with Gasteiger partial charge < -0.3 is 9.67 Å². The quantitative estimate of drug-likeness (QED) is 0.798. The Morgan fingerprint density at radius 1 is 1.29 bits per heavy atom. The molecular weight excluding hydrogens is 266 g/mol. The highest BCUT2D eigenvalue weighted by Crippen LogP contribution is 2.19. The highest BCUT2D eigenvalue weighted by atomic mass is 16.4. The number of rotatable bonds is 4. The van der Waals surface area contributed by atoms with Gasteiger partial charge in [0.2, 0.25) is 0 Å². The van der Waals surface area contributed by atoms with E-state index in [1.807, 2.05) is 31.2 Å². The van der Waals surface area contributed by atoms with E-state index in [1.54, 1.807) is 18.3 Å². The molecule has 0 saturated heterocycles. The standard InChI is InChI=1S/C16H15N3O2/c1-2-15-18-13-9-11(16(20)21)6-7-14(13)19(15)10-12-5-3-4-8-17-12/h3-9H,2,10H2,1H3,(H,20,21). The summed E-state index contributed by atoms with van der Waals surface area (Å²) in [5.74, 6) is -0.00702. The van der Waals surface area contributed by atoms with E-state index in [1.165, 1.54) is 0 Å². The van der Waals surface area contributed by atoms with Crippen LogP contribution < -0.4 is 0 Å². The number of carboxylic acids is 1. The smallest absolute Gasteiger partial charge is 0.335 e. The Morgan fingerprint density at radius 2 is 2.14 bits per heavy atom. The second-order valence-electron chi connectivity index (χ2n) is 4.80. The van der Waals surface area contributed by atoms with Gasteiger partial charge in [0.25, 0.3) is 0 Å². The van der Waals surface area contributed by atoms with Crippen LogP contribution in [0.4, 0.5) is 0 Å². The van der Waals surface area contributed by atoms with Crippen LogP contribution in [-0.4, -0.2) is 25.6 Å². The molecule has 5 heteroatoms. The zero-order chi connectivity index (χ0) is 14.8. The number of hydrogen-bond acceptors (Lipinski definition) is 3. The molecule has 21 heavy (non-hydrogen) atoms. The predicted molar refractivity (Wildman–Crippen MR) is 79.4 cm³/mol. The number of carboxylic acid groups (broad SMARTS) is 1. The van der Waals surface area contributed by atoms with Crippen LogP contribution in [-0.2, 0) is 13.0 Å². The van der Waals surface area contributed by atoms with Crippen molar-refractivity contribution >= 4 is 17.0 Å². The van der Waals surface area contributed by atoms with E-state index < -0.39 is 5.97 Å². The topological polar surface area (TPSA) is 68.0 Å². The van der Waals surface area contributed by atoms with Crippen LogP contribution in [0.1, 0.15) is 28.8 Å². The number of hydrogen-bond donors (Lipinski definition) is 1. The van der Waals surface area contributed by atoms with Crippen molar-refractivity contribution in [1.82, 2.24) is 14.5 Å². The Labute approximate surface area is 121 Å². The van der Waals surface area contributed by atoms with Crippen molar-refractivity contribution in [2.24, 2.45) is 0 Å². The summed E-state index contributed by atoms with van der Waals surface area (Å²) >= 11 is 0. The van der Waals surface area contributed by atoms with E-state index in [4.69, 9.17) is 5.11 Å². The van der Waals surface area contributed by atoms with Gasteiger partial charge in [-0.15, -0.1) is 0 Å². The molecule has 3 rings (SSSR count). The van der Waals surface area contributed by atoms with E-state index in [2.05, 4.69) is 14.5 Å². The van der Waals surface area contributed by atoms with Crippen LogP contribution in [0.5, 0.6) is 0 Å². The second-order valence-corrected chi connectivity index (χ2v) is 4.80. The zero-order valence-corrected chi connectivity index (χ0v) is 11.7. The van der Waals surface area contributed by atoms with Gasteiger partial charge in [-0.3, -0.25) is 4.98 Å². The van der Waals surface area contributed by atoms with Gasteiger partial charge in [0.05, 0.1) is 28.8 Å². The summed E-state index contributed by atoms with van der Waals surface area (Å²) in [7, 11) is 0. The lowest BCUT2D eigenvalue weighted by Gasteiger charge is -2.07. The Morgan fingerprint density at radius 3 is 2.81 bits per heavy atom. The fourth-order valence-corrected chi connectivity index (χ4v) is 2.41. The van der Waals surface area contributed by atoms with E-state index in [-0.39, 0.29) is 5.56 Å². The van der Waals surface area contributed by atoms with Gasteiger partial charge in [-0.25, -0.2) is 9.78 Å². The molecule has 1 N–H and O–H groups in total. The summed E-state index contributed by atoms with van der Waals surface area (Å²) < 4.78 is 2.09. The number of aromatic carboxylic acids is 1. The molecule has 0 spiro atoms. The lowest BCUT2D eigenvalue weighted by Crippen LogP contribution is -2.05. The van der Waals surface area contributed by atoms with Crippen molar-refractivity contribution in [3.05, 3.63) is 59.7 Å². The van der Waals surface area contributed by atoms with Crippen molar-refractivity contribution in [3.63, 3.8) is 0 Å². The lowest BCUT2D eigenvalue weighted by molar-refractivity contribution is 0.0697. The maximum absolute atomic E-state index is 11.1. The maximum Gasteiger partial charge on any atom is 0.335 e. The molecule has 5 nitrogen and oxygen atoms in total. The molecule has 0 unspecified atom stereocenters. The molecule has 0 aliphatic heterocycles. The number of imidazole rings is 1. The van der Waals surface area contributed by atoms with Gasteiger partial charge in [0, 0.05) is 12.6 Å². The molecule has 0 fully saturated rings. The number of fused-ring (bicyclic) bond motifs is 1. The van der Waals surface area contributed by atoms with E-state index >= 15 is 0 Å². The van der Waals surface area contributed by atoms with Crippen molar-refractivity contribution in [2.75, 3.05) is 0 Å². The fourth-order valence-electron chi connectivity index (χ4n) is 2.41. The van der Waals surface area contributed by atoms with Crippen LogP contribution >= 0.6 is 0 Å². The molecule has 0 amide bonds. The molecule has 0 radical (unpaired) electrons. The van der Waals surface area contributed by atoms with Gasteiger partial charge in [-0.05, 0) is 30.3 Å². The molecule has 0 saturated carbocycles. The van der Waals surface area contributed by atoms with E-state index in [9.17, 15) is 4.79 Å². The first-order chi connectivity index (χ1) is 10.2. The SMILES string of the molecule is CCc1nc2cc(C(=O)O)ccc2n1Cc1ccccn1. The van der Waals surface area contributed by atoms with Crippen LogP contribution in [0, 0.1) is 0 Å². The van der Waals surface area contributed by atoms with Crippen LogP contribution in [0.2, 0.25) is 0 Å². The number of carbonyl (C=O) groups is 1. The first-order valence-corrected chi connectivity index (χ1v) is 6.81. The van der Waals surface area contributed by atoms with Gasteiger partial charge >= 0.3 is 5.97 Å². The number of pyridine rings is 1. The van der Waals surface area contributed by atoms with Crippen LogP contribution in [0.3, 0.4) is 0 Å². The van der Waals surface area contributed by atoms with Crippen LogP contribution in [0.15, 0.2) is 42.6 Å². The molecule has 3 aromatic rings. The Hall–Kier alpha value is -2.69. The molecule has 2 aromatic heterocycles. The zero-order valence-electron chi connectivity index (χ0n) is 11.7. The predicted octanol–water partition coefficient (Wildman–Crippen LogP) is 2.74. The Kier molecular flexibility index (Phi) is 3.39. The summed E-state index contributed by atoms with van der Waals surface area (Å²) in [5.41, 5.74) is 2.85. The van der Waals surface area contributed by atoms with Crippen molar-refractivity contribution in [3.8, 4) is 0 Å². The monoisotopic (exact) mass is 281 g/mol. The first kappa shape index (κ1) is 13.3. The third-order valence-corrected chi connectivity index (χ3v) is 3.44. The highest BCUT2D eigenvalue weighted by molar-refractivity contribution is 5.92. The van der Waals surface area contributed by atoms with E-state index in [0.29, 0.717) is 12.1 Å². The lowest BCUT2D eigenvalue weighted by atomic mass is 10.2. The van der Waals surface area contributed by atoms with Crippen molar-refractivity contribution in [2.45, 2.75) is 19.9 Å². The third kappa shape index (κ3) is 2.50. The molecule has 0 bridgehead atoms. The van der Waals surface area contributed by atoms with Gasteiger partial charge in [-0.1, -0.05) is 13.0 Å². The largest absolute Gasteiger partial charge is 0.478 e. The Bertz CT molecular complexity index is 794. The molecular formula is C16H15N3O2. The summed E-state index contributed by atoms with van der Waals surface area (Å²) in [6.07, 6.45) is 2.55. The van der Waals surface area contributed by atoms with Gasteiger partial charge in [0.1, 0.15) is 5.82 Å². The summed E-state index contributed by atoms with van der Waals surface area (Å²) in [6, 6.07) is 10.8. The normalized spacial score (nSPS) is 10.9. The number of nitrogens with zero attached hydrogens (tertiary/aromatic N) is 3. The second kappa shape index (κ2) is 5.36. The highest BCUT2D eigenvalue weighted by Gasteiger charge is 2.12. The summed E-state index contributed by atoms with van der Waals surface area (Å²) in [6.45, 7) is 2.67. The molecule has 2 heterocycles. The van der Waals surface area contributed by atoms with E-state index in [0.717, 1.165) is 23.5 Å². The molecule has 0 aliphatic rings. The van der Waals surface area contributed by atoms with Crippen molar-refractivity contribution < 1.29 is 9.90 Å². The minimum absolute atomic E-state index is 0.257. The van der Waals surface area contributed by atoms with Crippen molar-refractivity contribution in [1.29, 1.82) is 0 Å². The summed E-state index contributed by atoms with van der Waals surface area (Å²) in [4.78, 5) is 19.9. The molecule has 1 aromatic carbocycles. The number of aromatic nitrogens is 3. The molecule has 106 valence electrons. The molecule has 0 aliphatic carbocycles. The third-order valence-electron chi connectivity index (χ3n) is 3.44. The van der Waals surface area contributed by atoms with Gasteiger partial charge in [-0.2, -0.15) is 0 Å². The Balaban J connectivity index is 2.10.